The molecule has 0 radical (unpaired) electrons. The Morgan fingerprint density at radius 2 is 1.72 bits per heavy atom. The van der Waals surface area contributed by atoms with E-state index in [2.05, 4.69) is 36.1 Å². The third kappa shape index (κ3) is 17.8. The van der Waals surface area contributed by atoms with Crippen molar-refractivity contribution in [2.24, 2.45) is 5.92 Å². The van der Waals surface area contributed by atoms with Gasteiger partial charge in [0.2, 0.25) is 0 Å². The van der Waals surface area contributed by atoms with E-state index in [0.717, 1.165) is 27.0 Å². The standard InChI is InChI=1S/C47H61N6O18P3S4/c1-9-50-35-19-37-33(16-27(35)3)41(32-15-26(2)34(48)18-36(32)68-37)30-13-12-28(17-31(30)44(55)56)43(54)51-23-47(7,8)78-75-24-65-14-10-11-29-21-53(45(57)52-42(29)49)40-20-38(66-25-76-77-46(4,5)6)39(69-40)22-67-73(61,62)71-74(63,64)70-72(58,59)60/h12-13,15-19,21,32,38-41,48,50H,9,14,20,22-25H2,1-8H3,(H,51,54)(H,55,56)(H,61,62)(H,63,64)(H2,49,52,57)(H2,58,59,60)/t32?,38?,39-,40-,41?/m1/s1. The highest BCUT2D eigenvalue weighted by atomic mass is 33.1. The Morgan fingerprint density at radius 1 is 1.00 bits per heavy atom. The zero-order valence-electron chi connectivity index (χ0n) is 43.4. The van der Waals surface area contributed by atoms with Gasteiger partial charge in [-0.25, -0.2) is 23.3 Å². The third-order valence-electron chi connectivity index (χ3n) is 11.4. The van der Waals surface area contributed by atoms with Crippen LogP contribution in [0, 0.1) is 30.1 Å². The smallest absolute Gasteiger partial charge is 0.478 e. The number of carboxylic acid groups (broad SMARTS) is 1. The summed E-state index contributed by atoms with van der Waals surface area (Å²) in [4.78, 5) is 80.8. The van der Waals surface area contributed by atoms with Crippen LogP contribution >= 0.6 is 66.6 Å². The lowest BCUT2D eigenvalue weighted by Gasteiger charge is -2.37. The fraction of sp³-hybridized carbons (Fsp3) is 0.468. The Kier molecular flexibility index (Phi) is 21.3. The number of carbonyl (C=O) groups excluding carboxylic acids is 1. The maximum atomic E-state index is 13.6. The number of carboxylic acids is 1. The molecule has 2 aromatic carbocycles. The van der Waals surface area contributed by atoms with Crippen LogP contribution in [0.15, 0.2) is 64.8 Å². The second kappa shape index (κ2) is 26.3. The van der Waals surface area contributed by atoms with Crippen molar-refractivity contribution in [3.05, 3.63) is 104 Å². The molecule has 1 amide bonds. The molecule has 0 bridgehead atoms. The molecule has 6 rings (SSSR count). The van der Waals surface area contributed by atoms with Crippen LogP contribution in [0.2, 0.25) is 0 Å². The second-order valence-corrected chi connectivity index (χ2v) is 29.7. The van der Waals surface area contributed by atoms with Crippen molar-refractivity contribution in [2.45, 2.75) is 95.7 Å². The van der Waals surface area contributed by atoms with Crippen LogP contribution in [0.25, 0.3) is 0 Å². The lowest BCUT2D eigenvalue weighted by molar-refractivity contribution is -0.0543. The largest absolute Gasteiger partial charge is 0.490 e. The summed E-state index contributed by atoms with van der Waals surface area (Å²) in [5.74, 6) is 4.29. The molecule has 3 heterocycles. The molecule has 2 aliphatic heterocycles. The molecule has 3 aromatic rings. The number of ether oxygens (including phenoxy) is 4. The first kappa shape index (κ1) is 63.2. The van der Waals surface area contributed by atoms with Crippen LogP contribution in [0.1, 0.15) is 110 Å². The first-order chi connectivity index (χ1) is 36.3. The lowest BCUT2D eigenvalue weighted by atomic mass is 9.73. The summed E-state index contributed by atoms with van der Waals surface area (Å²) in [7, 11) is -11.3. The van der Waals surface area contributed by atoms with Crippen LogP contribution in [0.5, 0.6) is 5.75 Å². The number of rotatable bonds is 24. The molecule has 0 spiro atoms. The number of nitrogens with two attached hydrogens (primary N) is 1. The Morgan fingerprint density at radius 3 is 2.40 bits per heavy atom. The van der Waals surface area contributed by atoms with Crippen LogP contribution in [0.3, 0.4) is 0 Å². The number of nitrogens with one attached hydrogen (secondary N) is 3. The number of nitrogens with zero attached hydrogens (tertiary/aromatic N) is 2. The Hall–Kier alpha value is -3.94. The summed E-state index contributed by atoms with van der Waals surface area (Å²) in [5, 5.41) is 25.3. The van der Waals surface area contributed by atoms with Crippen molar-refractivity contribution >= 4 is 95.7 Å². The number of nitrogen functional groups attached to an aromatic ring is 1. The SMILES string of the molecule is CCNc1cc2c(cc1C)C(c1ccc(C(=O)NCC(C)(C)SSCOCC#Cc3cn([C@H]4CC(OCSSC(C)(C)C)[C@@H](COP(=O)(O)OP(=O)(O)OP(=O)(O)O)O4)c(=O)nc3N)cc1C(=O)O)C1C=C(C)C(=N)C=C1O2. The summed E-state index contributed by atoms with van der Waals surface area (Å²) in [6.45, 7) is 15.6. The van der Waals surface area contributed by atoms with Crippen molar-refractivity contribution in [1.82, 2.24) is 14.9 Å². The number of amides is 1. The van der Waals surface area contributed by atoms with Gasteiger partial charge in [-0.2, -0.15) is 13.6 Å². The quantitative estimate of drug-likeness (QED) is 0.0134. The van der Waals surface area contributed by atoms with E-state index in [1.807, 2.05) is 73.6 Å². The number of phosphoric acid groups is 3. The van der Waals surface area contributed by atoms with Gasteiger partial charge >= 0.3 is 35.1 Å². The first-order valence-electron chi connectivity index (χ1n) is 23.7. The topological polar surface area (TPSA) is 360 Å². The number of aromatic nitrogens is 2. The molecule has 0 saturated carbocycles. The molecule has 78 heavy (non-hydrogen) atoms. The maximum absolute atomic E-state index is 13.6. The predicted molar refractivity (Wildman–Crippen MR) is 299 cm³/mol. The van der Waals surface area contributed by atoms with Crippen molar-refractivity contribution in [2.75, 3.05) is 49.2 Å². The highest BCUT2D eigenvalue weighted by Crippen LogP contribution is 2.66. The number of aromatic carboxylic acids is 1. The fourth-order valence-corrected chi connectivity index (χ4v) is 15.2. The molecule has 10 N–H and O–H groups in total. The Balaban J connectivity index is 1.04. The number of aryl methyl sites for hydroxylation is 1. The van der Waals surface area contributed by atoms with Gasteiger partial charge in [0.1, 0.15) is 48.1 Å². The van der Waals surface area contributed by atoms with Crippen LogP contribution < -0.4 is 26.8 Å². The Bertz CT molecular complexity index is 3120. The van der Waals surface area contributed by atoms with Gasteiger partial charge in [0.05, 0.1) is 29.5 Å². The van der Waals surface area contributed by atoms with E-state index in [4.69, 9.17) is 44.4 Å². The highest BCUT2D eigenvalue weighted by molar-refractivity contribution is 8.77. The van der Waals surface area contributed by atoms with E-state index in [1.165, 1.54) is 55.4 Å². The minimum atomic E-state index is -5.79. The number of anilines is 2. The number of phosphoric ester groups is 1. The van der Waals surface area contributed by atoms with Crippen molar-refractivity contribution in [3.8, 4) is 17.6 Å². The van der Waals surface area contributed by atoms with E-state index in [-0.39, 0.29) is 64.6 Å². The normalized spacial score (nSPS) is 20.9. The summed E-state index contributed by atoms with van der Waals surface area (Å²) in [6.07, 6.45) is 1.65. The summed E-state index contributed by atoms with van der Waals surface area (Å²) in [6, 6.07) is 8.59. The molecule has 1 aromatic heterocycles. The molecular weight excluding hydrogens is 1160 g/mol. The molecule has 3 aliphatic rings. The Labute approximate surface area is 465 Å². The van der Waals surface area contributed by atoms with Gasteiger partial charge in [-0.15, -0.1) is 0 Å². The average molecular weight is 1220 g/mol. The first-order valence-corrected chi connectivity index (χ1v) is 32.8. The molecule has 31 heteroatoms. The van der Waals surface area contributed by atoms with E-state index >= 15 is 0 Å². The number of hydrogen-bond acceptors (Lipinski definition) is 21. The van der Waals surface area contributed by atoms with Crippen molar-refractivity contribution in [3.63, 3.8) is 0 Å². The summed E-state index contributed by atoms with van der Waals surface area (Å²) >= 11 is 0. The van der Waals surface area contributed by atoms with Crippen molar-refractivity contribution in [1.29, 1.82) is 5.41 Å². The molecule has 1 aliphatic carbocycles. The van der Waals surface area contributed by atoms with E-state index < -0.39 is 76.7 Å². The average Bonchev–Trinajstić information content (AvgIpc) is 3.73. The fourth-order valence-electron chi connectivity index (χ4n) is 8.04. The molecule has 1 fully saturated rings. The molecular formula is C47H61N6O18P3S4. The zero-order valence-corrected chi connectivity index (χ0v) is 49.4. The van der Waals surface area contributed by atoms with Gasteiger partial charge in [-0.3, -0.25) is 13.9 Å². The van der Waals surface area contributed by atoms with Crippen molar-refractivity contribution < 1.29 is 80.1 Å². The molecule has 24 nitrogen and oxygen atoms in total. The highest BCUT2D eigenvalue weighted by Gasteiger charge is 2.44. The van der Waals surface area contributed by atoms with Gasteiger partial charge in [0.15, 0.2) is 0 Å². The molecule has 1 saturated heterocycles. The number of carbonyl (C=O) groups is 2. The van der Waals surface area contributed by atoms with E-state index in [9.17, 15) is 43.0 Å². The van der Waals surface area contributed by atoms with Crippen LogP contribution in [-0.2, 0) is 41.1 Å². The molecule has 7 atom stereocenters. The van der Waals surface area contributed by atoms with Gasteiger partial charge in [-0.1, -0.05) is 87.9 Å². The monoisotopic (exact) mass is 1220 g/mol. The maximum Gasteiger partial charge on any atom is 0.490 e. The van der Waals surface area contributed by atoms with E-state index in [0.29, 0.717) is 29.3 Å². The number of hydrogen-bond donors (Lipinski definition) is 9. The second-order valence-electron chi connectivity index (χ2n) is 19.3. The number of fused-ring (bicyclic) bond motifs is 2. The summed E-state index contributed by atoms with van der Waals surface area (Å²) < 4.78 is 72.3. The molecule has 5 unspecified atom stereocenters. The third-order valence-corrected chi connectivity index (χ3v) is 21.2. The number of allylic oxidation sites excluding steroid dienone is 3. The summed E-state index contributed by atoms with van der Waals surface area (Å²) in [5.41, 5.74) is 9.66. The van der Waals surface area contributed by atoms with Crippen LogP contribution in [-0.4, -0.2) is 112 Å². The minimum Gasteiger partial charge on any atom is -0.478 e. The molecule has 426 valence electrons. The van der Waals surface area contributed by atoms with Gasteiger partial charge in [0.25, 0.3) is 5.91 Å². The van der Waals surface area contributed by atoms with E-state index in [1.54, 1.807) is 18.2 Å². The lowest BCUT2D eigenvalue weighted by Crippen LogP contribution is -2.36. The van der Waals surface area contributed by atoms with Gasteiger partial charge in [-0.05, 0) is 69.5 Å². The van der Waals surface area contributed by atoms with Crippen LogP contribution in [0.4, 0.5) is 11.5 Å². The minimum absolute atomic E-state index is 0.0281. The zero-order chi connectivity index (χ0) is 57.5. The number of benzene rings is 2. The predicted octanol–water partition coefficient (Wildman–Crippen LogP) is 8.34. The van der Waals surface area contributed by atoms with Gasteiger partial charge in [0, 0.05) is 76.0 Å². The van der Waals surface area contributed by atoms with Gasteiger partial charge < -0.3 is 65.4 Å².